The maximum Gasteiger partial charge on any atom is 0.229 e. The Morgan fingerprint density at radius 1 is 1.33 bits per heavy atom. The summed E-state index contributed by atoms with van der Waals surface area (Å²) in [6.45, 7) is 1.79. The predicted molar refractivity (Wildman–Crippen MR) is 78.6 cm³/mol. The lowest BCUT2D eigenvalue weighted by Crippen LogP contribution is -2.23. The monoisotopic (exact) mass is 283 g/mol. The van der Waals surface area contributed by atoms with E-state index in [1.165, 1.54) is 6.42 Å². The first-order valence-electron chi connectivity index (χ1n) is 6.61. The van der Waals surface area contributed by atoms with Crippen molar-refractivity contribution < 1.29 is 9.32 Å². The predicted octanol–water partition coefficient (Wildman–Crippen LogP) is 1.07. The van der Waals surface area contributed by atoms with Crippen molar-refractivity contribution in [3.63, 3.8) is 0 Å². The molecule has 6 nitrogen and oxygen atoms in total. The lowest BCUT2D eigenvalue weighted by Gasteiger charge is -2.13. The number of amides is 1. The molecule has 0 atom stereocenters. The lowest BCUT2D eigenvalue weighted by atomic mass is 10.1. The van der Waals surface area contributed by atoms with Gasteiger partial charge in [0.15, 0.2) is 5.76 Å². The first-order valence-corrected chi connectivity index (χ1v) is 6.61. The minimum atomic E-state index is -0.560. The van der Waals surface area contributed by atoms with E-state index in [1.54, 1.807) is 6.07 Å². The Morgan fingerprint density at radius 3 is 2.67 bits per heavy atom. The summed E-state index contributed by atoms with van der Waals surface area (Å²) in [5, 5.41) is 3.93. The second kappa shape index (κ2) is 5.40. The lowest BCUT2D eigenvalue weighted by molar-refractivity contribution is -0.114. The maximum atomic E-state index is 10.8. The molecule has 21 heavy (non-hydrogen) atoms. The Morgan fingerprint density at radius 2 is 2.05 bits per heavy atom. The van der Waals surface area contributed by atoms with Crippen LogP contribution in [0.3, 0.4) is 0 Å². The van der Waals surface area contributed by atoms with Crippen molar-refractivity contribution >= 4 is 11.7 Å². The molecule has 0 unspecified atom stereocenters. The zero-order chi connectivity index (χ0) is 14.8. The number of hydrogen-bond acceptors (Lipinski definition) is 5. The Labute approximate surface area is 122 Å². The molecule has 0 spiro atoms. The fourth-order valence-electron chi connectivity index (χ4n) is 2.27. The molecule has 1 amide bonds. The number of rotatable bonds is 4. The van der Waals surface area contributed by atoms with E-state index in [2.05, 4.69) is 15.0 Å². The highest BCUT2D eigenvalue weighted by molar-refractivity contribution is 5.99. The van der Waals surface area contributed by atoms with E-state index in [-0.39, 0.29) is 0 Å². The number of benzene rings is 1. The van der Waals surface area contributed by atoms with E-state index in [1.807, 2.05) is 31.3 Å². The third-order valence-corrected chi connectivity index (χ3v) is 3.31. The van der Waals surface area contributed by atoms with Gasteiger partial charge in [-0.15, -0.1) is 0 Å². The topological polar surface area (TPSA) is 84.7 Å². The summed E-state index contributed by atoms with van der Waals surface area (Å²) in [5.74, 6) is 0.793. The molecule has 0 aliphatic carbocycles. The van der Waals surface area contributed by atoms with E-state index in [0.717, 1.165) is 30.1 Å². The zero-order valence-corrected chi connectivity index (χ0v) is 11.6. The number of aliphatic imine (C=N–C) groups is 1. The number of amidine groups is 1. The van der Waals surface area contributed by atoms with Gasteiger partial charge in [-0.1, -0.05) is 29.4 Å². The van der Waals surface area contributed by atoms with Crippen LogP contribution in [-0.4, -0.2) is 41.9 Å². The van der Waals surface area contributed by atoms with Gasteiger partial charge in [0, 0.05) is 30.8 Å². The van der Waals surface area contributed by atoms with Crippen LogP contribution < -0.4 is 5.73 Å². The molecular formula is C15H15N4O2. The van der Waals surface area contributed by atoms with E-state index in [9.17, 15) is 4.79 Å². The van der Waals surface area contributed by atoms with E-state index in [0.29, 0.717) is 11.5 Å². The second-order valence-electron chi connectivity index (χ2n) is 4.87. The summed E-state index contributed by atoms with van der Waals surface area (Å²) in [6.07, 6.45) is 1.20. The van der Waals surface area contributed by atoms with Gasteiger partial charge < -0.3 is 15.2 Å². The van der Waals surface area contributed by atoms with Crippen LogP contribution in [0.25, 0.3) is 11.3 Å². The van der Waals surface area contributed by atoms with Crippen LogP contribution in [0.2, 0.25) is 0 Å². The van der Waals surface area contributed by atoms with Crippen LogP contribution in [-0.2, 0) is 4.79 Å². The van der Waals surface area contributed by atoms with Gasteiger partial charge in [-0.3, -0.25) is 9.79 Å². The number of aromatic nitrogens is 1. The molecule has 0 saturated heterocycles. The van der Waals surface area contributed by atoms with Gasteiger partial charge in [0.05, 0.1) is 6.54 Å². The zero-order valence-electron chi connectivity index (χ0n) is 11.6. The second-order valence-corrected chi connectivity index (χ2v) is 4.87. The number of carbonyl (C=O) groups excluding carboxylic acids is 1. The molecule has 0 saturated carbocycles. The van der Waals surface area contributed by atoms with Crippen molar-refractivity contribution in [3.8, 4) is 11.3 Å². The fraction of sp³-hybridized carbons (Fsp3) is 0.200. The average molecular weight is 283 g/mol. The van der Waals surface area contributed by atoms with Gasteiger partial charge in [0.25, 0.3) is 0 Å². The van der Waals surface area contributed by atoms with E-state index >= 15 is 0 Å². The molecule has 2 heterocycles. The molecule has 0 bridgehead atoms. The first kappa shape index (κ1) is 13.4. The van der Waals surface area contributed by atoms with Gasteiger partial charge in [0.1, 0.15) is 18.0 Å². The molecule has 1 aliphatic heterocycles. The molecule has 6 heteroatoms. The minimum Gasteiger partial charge on any atom is -0.369 e. The van der Waals surface area contributed by atoms with Crippen molar-refractivity contribution in [1.82, 2.24) is 10.1 Å². The number of primary amides is 1. The smallest absolute Gasteiger partial charge is 0.229 e. The highest BCUT2D eigenvalue weighted by Gasteiger charge is 2.15. The van der Waals surface area contributed by atoms with E-state index in [4.69, 9.17) is 10.3 Å². The Balaban J connectivity index is 1.81. The molecule has 2 aromatic rings. The third-order valence-electron chi connectivity index (χ3n) is 3.31. The Bertz CT molecular complexity index is 688. The van der Waals surface area contributed by atoms with Crippen LogP contribution in [0, 0.1) is 6.42 Å². The molecule has 107 valence electrons. The molecular weight excluding hydrogens is 268 g/mol. The quantitative estimate of drug-likeness (QED) is 0.909. The summed E-state index contributed by atoms with van der Waals surface area (Å²) in [7, 11) is 2.03. The summed E-state index contributed by atoms with van der Waals surface area (Å²) >= 11 is 0. The van der Waals surface area contributed by atoms with Crippen molar-refractivity contribution in [2.45, 2.75) is 0 Å². The van der Waals surface area contributed by atoms with Crippen LogP contribution in [0.1, 0.15) is 11.3 Å². The first-order chi connectivity index (χ1) is 10.1. The maximum absolute atomic E-state index is 10.8. The summed E-state index contributed by atoms with van der Waals surface area (Å²) in [5.41, 5.74) is 7.72. The van der Waals surface area contributed by atoms with Crippen LogP contribution in [0.4, 0.5) is 0 Å². The third kappa shape index (κ3) is 2.79. The van der Waals surface area contributed by atoms with Gasteiger partial charge in [-0.05, 0) is 0 Å². The summed E-state index contributed by atoms with van der Waals surface area (Å²) in [4.78, 5) is 17.4. The molecule has 1 radical (unpaired) electrons. The van der Waals surface area contributed by atoms with Gasteiger partial charge in [0.2, 0.25) is 5.91 Å². The minimum absolute atomic E-state index is 0.349. The molecule has 2 N–H and O–H groups in total. The largest absolute Gasteiger partial charge is 0.369 e. The number of hydrogen-bond donors (Lipinski definition) is 1. The number of carbonyl (C=O) groups is 1. The fourth-order valence-corrected chi connectivity index (χ4v) is 2.27. The van der Waals surface area contributed by atoms with Crippen LogP contribution in [0.5, 0.6) is 0 Å². The molecule has 1 aliphatic rings. The van der Waals surface area contributed by atoms with Crippen molar-refractivity contribution in [2.24, 2.45) is 10.7 Å². The van der Waals surface area contributed by atoms with Gasteiger partial charge >= 0.3 is 0 Å². The number of nitrogens with two attached hydrogens (primary N) is 1. The molecule has 1 aromatic carbocycles. The SMILES string of the molecule is CN1CCN=C1c1ccc(-c2cc([CH]C(N)=O)on2)cc1. The Kier molecular flexibility index (Phi) is 3.43. The van der Waals surface area contributed by atoms with Crippen molar-refractivity contribution in [3.05, 3.63) is 48.1 Å². The van der Waals surface area contributed by atoms with Crippen molar-refractivity contribution in [2.75, 3.05) is 20.1 Å². The standard InChI is InChI=1S/C15H15N4O2/c1-19-7-6-17-15(19)11-4-2-10(3-5-11)13-8-12(21-18-13)9-14(16)20/h2-5,8-9H,6-7H2,1H3,(H2,16,20). The van der Waals surface area contributed by atoms with E-state index < -0.39 is 5.91 Å². The average Bonchev–Trinajstić information content (AvgIpc) is 3.07. The summed E-state index contributed by atoms with van der Waals surface area (Å²) < 4.78 is 5.04. The normalized spacial score (nSPS) is 14.3. The molecule has 0 fully saturated rings. The Hall–Kier alpha value is -2.63. The molecule has 3 rings (SSSR count). The highest BCUT2D eigenvalue weighted by Crippen LogP contribution is 2.21. The van der Waals surface area contributed by atoms with Crippen molar-refractivity contribution in [1.29, 1.82) is 0 Å². The number of nitrogens with zero attached hydrogens (tertiary/aromatic N) is 3. The van der Waals surface area contributed by atoms with Crippen LogP contribution in [0.15, 0.2) is 39.8 Å². The van der Waals surface area contributed by atoms with Gasteiger partial charge in [-0.2, -0.15) is 0 Å². The molecule has 1 aromatic heterocycles. The van der Waals surface area contributed by atoms with Gasteiger partial charge in [-0.25, -0.2) is 0 Å². The number of likely N-dealkylation sites (N-methyl/N-ethyl adjacent to an activating group) is 1. The summed E-state index contributed by atoms with van der Waals surface area (Å²) in [6, 6.07) is 9.59. The van der Waals surface area contributed by atoms with Crippen LogP contribution >= 0.6 is 0 Å². The highest BCUT2D eigenvalue weighted by atomic mass is 16.5.